The summed E-state index contributed by atoms with van der Waals surface area (Å²) in [4.78, 5) is 21.2. The molecule has 0 radical (unpaired) electrons. The van der Waals surface area contributed by atoms with E-state index in [1.807, 2.05) is 0 Å². The molecule has 0 atom stereocenters. The molecule has 1 aliphatic carbocycles. The van der Waals surface area contributed by atoms with E-state index in [-0.39, 0.29) is 41.6 Å². The molecule has 1 aliphatic rings. The summed E-state index contributed by atoms with van der Waals surface area (Å²) in [7, 11) is 0. The molecule has 1 saturated carbocycles. The van der Waals surface area contributed by atoms with Crippen LogP contribution in [0.5, 0.6) is 5.75 Å². The van der Waals surface area contributed by atoms with Crippen molar-refractivity contribution in [1.82, 2.24) is 19.5 Å². The van der Waals surface area contributed by atoms with Crippen molar-refractivity contribution in [3.63, 3.8) is 0 Å². The number of aryl methyl sites for hydroxylation is 1. The van der Waals surface area contributed by atoms with Gasteiger partial charge in [0.05, 0.1) is 6.20 Å². The molecule has 0 unspecified atom stereocenters. The Kier molecular flexibility index (Phi) is 5.22. The molecule has 0 bridgehead atoms. The highest BCUT2D eigenvalue weighted by atomic mass is 19.3. The number of hydrogen-bond acceptors (Lipinski definition) is 6. The molecular weight excluding hydrogens is 458 g/mol. The minimum atomic E-state index is -2.97. The second kappa shape index (κ2) is 8.12. The molecule has 1 amide bonds. The number of alkyl halides is 4. The third-order valence-electron chi connectivity index (χ3n) is 5.57. The van der Waals surface area contributed by atoms with Gasteiger partial charge in [-0.25, -0.2) is 13.8 Å². The zero-order valence-electron chi connectivity index (χ0n) is 17.6. The van der Waals surface area contributed by atoms with Gasteiger partial charge in [0.15, 0.2) is 0 Å². The Morgan fingerprint density at radius 2 is 2.06 bits per heavy atom. The predicted octanol–water partition coefficient (Wildman–Crippen LogP) is 5.06. The van der Waals surface area contributed by atoms with E-state index in [2.05, 4.69) is 25.2 Å². The zero-order valence-corrected chi connectivity index (χ0v) is 17.6. The van der Waals surface area contributed by atoms with E-state index in [0.717, 1.165) is 5.56 Å². The van der Waals surface area contributed by atoms with Gasteiger partial charge in [-0.1, -0.05) is 17.3 Å². The summed E-state index contributed by atoms with van der Waals surface area (Å²) >= 11 is 0. The predicted molar refractivity (Wildman–Crippen MR) is 111 cm³/mol. The summed E-state index contributed by atoms with van der Waals surface area (Å²) in [6, 6.07) is 7.72. The molecule has 12 heteroatoms. The summed E-state index contributed by atoms with van der Waals surface area (Å²) in [6.45, 7) is -1.18. The van der Waals surface area contributed by atoms with Crippen LogP contribution in [-0.2, 0) is 0 Å². The lowest BCUT2D eigenvalue weighted by atomic mass is 9.81. The Labute approximate surface area is 189 Å². The van der Waals surface area contributed by atoms with E-state index < -0.39 is 24.4 Å². The van der Waals surface area contributed by atoms with Crippen molar-refractivity contribution in [3.05, 3.63) is 59.9 Å². The Balaban J connectivity index is 1.35. The number of imidazole rings is 1. The van der Waals surface area contributed by atoms with Gasteiger partial charge in [0.25, 0.3) is 5.91 Å². The van der Waals surface area contributed by atoms with Crippen molar-refractivity contribution < 1.29 is 31.6 Å². The highest BCUT2D eigenvalue weighted by Crippen LogP contribution is 2.48. The first-order valence-corrected chi connectivity index (χ1v) is 10.2. The molecule has 0 aliphatic heterocycles. The largest absolute Gasteiger partial charge is 0.435 e. The summed E-state index contributed by atoms with van der Waals surface area (Å²) in [5.74, 6) is -3.34. The second-order valence-electron chi connectivity index (χ2n) is 8.01. The van der Waals surface area contributed by atoms with Crippen molar-refractivity contribution in [2.75, 3.05) is 5.32 Å². The van der Waals surface area contributed by atoms with Gasteiger partial charge in [-0.3, -0.25) is 9.20 Å². The molecule has 0 spiro atoms. The van der Waals surface area contributed by atoms with Crippen LogP contribution in [0.1, 0.15) is 40.7 Å². The molecule has 5 rings (SSSR count). The van der Waals surface area contributed by atoms with Gasteiger partial charge in [-0.05, 0) is 24.6 Å². The lowest BCUT2D eigenvalue weighted by Gasteiger charge is -2.31. The van der Waals surface area contributed by atoms with Crippen LogP contribution in [0.2, 0.25) is 0 Å². The quantitative estimate of drug-likeness (QED) is 0.392. The van der Waals surface area contributed by atoms with Crippen LogP contribution in [0.4, 0.5) is 23.2 Å². The molecule has 0 saturated heterocycles. The monoisotopic (exact) mass is 475 g/mol. The first-order chi connectivity index (χ1) is 16.2. The van der Waals surface area contributed by atoms with E-state index in [9.17, 15) is 22.4 Å². The third-order valence-corrected chi connectivity index (χ3v) is 5.57. The van der Waals surface area contributed by atoms with Crippen LogP contribution in [0, 0.1) is 6.92 Å². The number of fused-ring (bicyclic) bond motifs is 1. The molecule has 3 aromatic heterocycles. The minimum absolute atomic E-state index is 0.0753. The fraction of sp³-hybridized carbons (Fsp3) is 0.273. The number of pyridine rings is 1. The fourth-order valence-electron chi connectivity index (χ4n) is 3.74. The van der Waals surface area contributed by atoms with Gasteiger partial charge < -0.3 is 14.6 Å². The normalized spacial score (nSPS) is 15.5. The number of amides is 1. The van der Waals surface area contributed by atoms with Crippen LogP contribution in [0.3, 0.4) is 0 Å². The Bertz CT molecular complexity index is 1380. The number of ether oxygens (including phenoxy) is 1. The SMILES string of the molecule is Cc1ccc(-c2noc(C3CC(F)(F)C3)n2)cc1NC(=O)c1cnc2cc(OC(F)F)ccn12. The van der Waals surface area contributed by atoms with Gasteiger partial charge in [-0.2, -0.15) is 13.8 Å². The van der Waals surface area contributed by atoms with E-state index >= 15 is 0 Å². The summed E-state index contributed by atoms with van der Waals surface area (Å²) in [5, 5.41) is 6.67. The Hall–Kier alpha value is -3.96. The van der Waals surface area contributed by atoms with Crippen LogP contribution in [-0.4, -0.2) is 38.0 Å². The molecule has 1 N–H and O–H groups in total. The lowest BCUT2D eigenvalue weighted by molar-refractivity contribution is -0.0925. The second-order valence-corrected chi connectivity index (χ2v) is 8.01. The topological polar surface area (TPSA) is 94.6 Å². The molecular formula is C22H17F4N5O3. The first kappa shape index (κ1) is 21.9. The first-order valence-electron chi connectivity index (χ1n) is 10.2. The highest BCUT2D eigenvalue weighted by Gasteiger charge is 2.48. The number of benzene rings is 1. The average Bonchev–Trinajstić information content (AvgIpc) is 3.40. The molecule has 34 heavy (non-hydrogen) atoms. The number of anilines is 1. The molecule has 8 nitrogen and oxygen atoms in total. The molecule has 176 valence electrons. The maximum atomic E-state index is 13.1. The Morgan fingerprint density at radius 1 is 1.26 bits per heavy atom. The van der Waals surface area contributed by atoms with Crippen LogP contribution < -0.4 is 10.1 Å². The number of nitrogens with one attached hydrogen (secondary N) is 1. The lowest BCUT2D eigenvalue weighted by Crippen LogP contribution is -2.33. The maximum Gasteiger partial charge on any atom is 0.387 e. The van der Waals surface area contributed by atoms with Crippen LogP contribution >= 0.6 is 0 Å². The molecule has 3 heterocycles. The van der Waals surface area contributed by atoms with Crippen molar-refractivity contribution >= 4 is 17.2 Å². The van der Waals surface area contributed by atoms with Crippen LogP contribution in [0.15, 0.2) is 47.2 Å². The van der Waals surface area contributed by atoms with Gasteiger partial charge >= 0.3 is 6.61 Å². The van der Waals surface area contributed by atoms with E-state index in [1.165, 1.54) is 28.9 Å². The Morgan fingerprint density at radius 3 is 2.79 bits per heavy atom. The molecule has 1 fully saturated rings. The van der Waals surface area contributed by atoms with Gasteiger partial charge in [-0.15, -0.1) is 0 Å². The van der Waals surface area contributed by atoms with E-state index in [4.69, 9.17) is 4.52 Å². The van der Waals surface area contributed by atoms with E-state index in [1.54, 1.807) is 25.1 Å². The number of nitrogens with zero attached hydrogens (tertiary/aromatic N) is 4. The molecule has 4 aromatic rings. The van der Waals surface area contributed by atoms with E-state index in [0.29, 0.717) is 11.3 Å². The summed E-state index contributed by atoms with van der Waals surface area (Å²) in [6.07, 6.45) is 2.08. The third kappa shape index (κ3) is 4.18. The number of carbonyl (C=O) groups excluding carboxylic acids is 1. The van der Waals surface area contributed by atoms with Gasteiger partial charge in [0.2, 0.25) is 17.6 Å². The average molecular weight is 475 g/mol. The van der Waals surface area contributed by atoms with Crippen molar-refractivity contribution in [2.24, 2.45) is 0 Å². The maximum absolute atomic E-state index is 13.1. The zero-order chi connectivity index (χ0) is 24.0. The highest BCUT2D eigenvalue weighted by molar-refractivity contribution is 6.04. The van der Waals surface area contributed by atoms with Gasteiger partial charge in [0, 0.05) is 42.3 Å². The fourth-order valence-corrected chi connectivity index (χ4v) is 3.74. The minimum Gasteiger partial charge on any atom is -0.435 e. The number of aromatic nitrogens is 4. The number of halogens is 4. The van der Waals surface area contributed by atoms with Crippen molar-refractivity contribution in [2.45, 2.75) is 38.2 Å². The number of hydrogen-bond donors (Lipinski definition) is 1. The summed E-state index contributed by atoms with van der Waals surface area (Å²) < 4.78 is 62.1. The van der Waals surface area contributed by atoms with Crippen molar-refractivity contribution in [1.29, 1.82) is 0 Å². The number of carbonyl (C=O) groups is 1. The van der Waals surface area contributed by atoms with Crippen molar-refractivity contribution in [3.8, 4) is 17.1 Å². The number of rotatable bonds is 6. The summed E-state index contributed by atoms with van der Waals surface area (Å²) in [5.41, 5.74) is 2.19. The smallest absolute Gasteiger partial charge is 0.387 e. The molecule has 1 aromatic carbocycles. The van der Waals surface area contributed by atoms with Crippen LogP contribution in [0.25, 0.3) is 17.0 Å². The standard InChI is InChI=1S/C22H17F4N5O3/c1-11-2-3-12(18-29-20(34-30-18)13-8-22(25,26)9-13)6-15(11)28-19(32)16-10-27-17-7-14(33-21(23)24)4-5-31(16)17/h2-7,10,13,21H,8-9H2,1H3,(H,28,32). The van der Waals surface area contributed by atoms with Gasteiger partial charge in [0.1, 0.15) is 17.1 Å².